The number of ether oxygens (including phenoxy) is 1. The van der Waals surface area contributed by atoms with Crippen LogP contribution in [-0.4, -0.2) is 69.8 Å². The van der Waals surface area contributed by atoms with Gasteiger partial charge in [0, 0.05) is 38.4 Å². The summed E-state index contributed by atoms with van der Waals surface area (Å²) in [5, 5.41) is 2.92. The molecule has 0 spiro atoms. The Hall–Kier alpha value is -2.46. The molecule has 10 heteroatoms. The predicted octanol–water partition coefficient (Wildman–Crippen LogP) is 2.62. The first-order valence-electron chi connectivity index (χ1n) is 9.62. The van der Waals surface area contributed by atoms with Crippen LogP contribution in [0.2, 0.25) is 5.02 Å². The Morgan fingerprint density at radius 2 is 1.74 bits per heavy atom. The van der Waals surface area contributed by atoms with Gasteiger partial charge in [0.2, 0.25) is 10.0 Å². The number of amides is 2. The summed E-state index contributed by atoms with van der Waals surface area (Å²) in [5.41, 5.74) is 1.58. The third kappa shape index (κ3) is 5.07. The minimum atomic E-state index is -3.73. The van der Waals surface area contributed by atoms with Crippen LogP contribution in [0.5, 0.6) is 0 Å². The van der Waals surface area contributed by atoms with Gasteiger partial charge in [-0.25, -0.2) is 8.42 Å². The Morgan fingerprint density at radius 1 is 1.06 bits per heavy atom. The van der Waals surface area contributed by atoms with E-state index in [2.05, 4.69) is 5.32 Å². The highest BCUT2D eigenvalue weighted by Gasteiger charge is 2.27. The number of hydrogen-bond donors (Lipinski definition) is 1. The highest BCUT2D eigenvalue weighted by Crippen LogP contribution is 2.24. The van der Waals surface area contributed by atoms with Crippen molar-refractivity contribution in [3.63, 3.8) is 0 Å². The lowest BCUT2D eigenvalue weighted by molar-refractivity contribution is 0.0730. The van der Waals surface area contributed by atoms with Crippen molar-refractivity contribution in [2.24, 2.45) is 0 Å². The zero-order chi connectivity index (χ0) is 22.8. The van der Waals surface area contributed by atoms with Crippen molar-refractivity contribution in [1.82, 2.24) is 9.21 Å². The van der Waals surface area contributed by atoms with E-state index in [0.717, 1.165) is 0 Å². The molecule has 2 aromatic carbocycles. The van der Waals surface area contributed by atoms with Crippen LogP contribution < -0.4 is 5.32 Å². The van der Waals surface area contributed by atoms with Crippen molar-refractivity contribution in [1.29, 1.82) is 0 Å². The molecule has 1 heterocycles. The van der Waals surface area contributed by atoms with Gasteiger partial charge >= 0.3 is 0 Å². The molecule has 0 atom stereocenters. The predicted molar refractivity (Wildman–Crippen MR) is 118 cm³/mol. The van der Waals surface area contributed by atoms with Crippen LogP contribution in [-0.2, 0) is 14.8 Å². The summed E-state index contributed by atoms with van der Waals surface area (Å²) < 4.78 is 32.4. The lowest BCUT2D eigenvalue weighted by Crippen LogP contribution is -2.40. The van der Waals surface area contributed by atoms with Crippen molar-refractivity contribution in [3.8, 4) is 0 Å². The lowest BCUT2D eigenvalue weighted by atomic mass is 10.1. The van der Waals surface area contributed by atoms with Crippen molar-refractivity contribution < 1.29 is 22.7 Å². The summed E-state index contributed by atoms with van der Waals surface area (Å²) in [7, 11) is -0.487. The topological polar surface area (TPSA) is 96.0 Å². The summed E-state index contributed by atoms with van der Waals surface area (Å²) in [6, 6.07) is 9.07. The van der Waals surface area contributed by atoms with Crippen LogP contribution in [0.15, 0.2) is 41.3 Å². The normalized spacial score (nSPS) is 14.8. The summed E-state index contributed by atoms with van der Waals surface area (Å²) in [6.45, 7) is 2.95. The van der Waals surface area contributed by atoms with Gasteiger partial charge in [0.05, 0.1) is 28.7 Å². The number of halogens is 1. The summed E-state index contributed by atoms with van der Waals surface area (Å²) in [5.74, 6) is -0.723. The standard InChI is InChI=1S/C21H24ClN3O5S/c1-14-4-6-16(31(28,29)25-8-10-30-11-9-25)13-18(14)20(26)23-15-5-7-17(19(22)12-15)21(27)24(2)3/h4-7,12-13H,8-11H2,1-3H3,(H,23,26). The van der Waals surface area contributed by atoms with Gasteiger partial charge in [-0.2, -0.15) is 4.31 Å². The van der Waals surface area contributed by atoms with E-state index in [4.69, 9.17) is 16.3 Å². The quantitative estimate of drug-likeness (QED) is 0.732. The highest BCUT2D eigenvalue weighted by molar-refractivity contribution is 7.89. The lowest BCUT2D eigenvalue weighted by Gasteiger charge is -2.26. The molecule has 1 aliphatic rings. The average molecular weight is 466 g/mol. The van der Waals surface area contributed by atoms with Gasteiger partial charge < -0.3 is 15.0 Å². The van der Waals surface area contributed by atoms with Gasteiger partial charge in [-0.05, 0) is 42.8 Å². The fourth-order valence-electron chi connectivity index (χ4n) is 3.15. The second kappa shape index (κ2) is 9.35. The number of carbonyl (C=O) groups is 2. The third-order valence-electron chi connectivity index (χ3n) is 4.93. The van der Waals surface area contributed by atoms with Crippen LogP contribution in [0.1, 0.15) is 26.3 Å². The first-order chi connectivity index (χ1) is 14.6. The van der Waals surface area contributed by atoms with Crippen molar-refractivity contribution in [2.75, 3.05) is 45.7 Å². The molecule has 2 amide bonds. The zero-order valence-electron chi connectivity index (χ0n) is 17.5. The van der Waals surface area contributed by atoms with Gasteiger partial charge in [0.25, 0.3) is 11.8 Å². The van der Waals surface area contributed by atoms with E-state index in [9.17, 15) is 18.0 Å². The Bertz CT molecular complexity index is 1110. The smallest absolute Gasteiger partial charge is 0.255 e. The minimum Gasteiger partial charge on any atom is -0.379 e. The Morgan fingerprint density at radius 3 is 2.35 bits per heavy atom. The molecule has 1 N–H and O–H groups in total. The molecule has 0 saturated carbocycles. The van der Waals surface area contributed by atoms with Crippen molar-refractivity contribution >= 4 is 39.1 Å². The van der Waals surface area contributed by atoms with Gasteiger partial charge in [0.1, 0.15) is 0 Å². The molecule has 0 aliphatic carbocycles. The van der Waals surface area contributed by atoms with E-state index in [1.54, 1.807) is 33.2 Å². The Labute approximate surface area is 186 Å². The highest BCUT2D eigenvalue weighted by atomic mass is 35.5. The second-order valence-electron chi connectivity index (χ2n) is 7.34. The molecule has 1 aliphatic heterocycles. The first kappa shape index (κ1) is 23.2. The minimum absolute atomic E-state index is 0.0510. The number of aryl methyl sites for hydroxylation is 1. The fraction of sp³-hybridized carbons (Fsp3) is 0.333. The SMILES string of the molecule is Cc1ccc(S(=O)(=O)N2CCOCC2)cc1C(=O)Nc1ccc(C(=O)N(C)C)c(Cl)c1. The monoisotopic (exact) mass is 465 g/mol. The average Bonchev–Trinajstić information content (AvgIpc) is 2.74. The maximum atomic E-state index is 12.9. The van der Waals surface area contributed by atoms with Gasteiger partial charge in [-0.3, -0.25) is 9.59 Å². The van der Waals surface area contributed by atoms with E-state index in [-0.39, 0.29) is 34.5 Å². The van der Waals surface area contributed by atoms with Gasteiger partial charge in [-0.15, -0.1) is 0 Å². The van der Waals surface area contributed by atoms with E-state index in [1.807, 2.05) is 0 Å². The molecule has 1 fully saturated rings. The largest absolute Gasteiger partial charge is 0.379 e. The van der Waals surface area contributed by atoms with E-state index in [1.165, 1.54) is 33.5 Å². The molecule has 31 heavy (non-hydrogen) atoms. The Kier molecular flexibility index (Phi) is 7.00. The number of benzene rings is 2. The first-order valence-corrected chi connectivity index (χ1v) is 11.4. The molecular weight excluding hydrogens is 442 g/mol. The Balaban J connectivity index is 1.84. The molecule has 0 aromatic heterocycles. The number of morpholine rings is 1. The fourth-order valence-corrected chi connectivity index (χ4v) is 4.84. The number of nitrogens with one attached hydrogen (secondary N) is 1. The zero-order valence-corrected chi connectivity index (χ0v) is 19.1. The molecule has 0 bridgehead atoms. The summed E-state index contributed by atoms with van der Waals surface area (Å²) >= 11 is 6.21. The van der Waals surface area contributed by atoms with Crippen LogP contribution in [0.4, 0.5) is 5.69 Å². The summed E-state index contributed by atoms with van der Waals surface area (Å²) in [6.07, 6.45) is 0. The maximum Gasteiger partial charge on any atom is 0.255 e. The second-order valence-corrected chi connectivity index (χ2v) is 9.69. The molecule has 166 valence electrons. The van der Waals surface area contributed by atoms with Crippen molar-refractivity contribution in [3.05, 3.63) is 58.1 Å². The molecule has 0 unspecified atom stereocenters. The van der Waals surface area contributed by atoms with E-state index < -0.39 is 15.9 Å². The van der Waals surface area contributed by atoms with E-state index >= 15 is 0 Å². The van der Waals surface area contributed by atoms with Gasteiger partial charge in [-0.1, -0.05) is 17.7 Å². The molecule has 8 nitrogen and oxygen atoms in total. The van der Waals surface area contributed by atoms with Crippen molar-refractivity contribution in [2.45, 2.75) is 11.8 Å². The molecule has 3 rings (SSSR count). The number of carbonyl (C=O) groups excluding carboxylic acids is 2. The number of rotatable bonds is 5. The van der Waals surface area contributed by atoms with Gasteiger partial charge in [0.15, 0.2) is 0 Å². The third-order valence-corrected chi connectivity index (χ3v) is 7.13. The molecule has 1 saturated heterocycles. The molecule has 0 radical (unpaired) electrons. The number of hydrogen-bond acceptors (Lipinski definition) is 5. The van der Waals surface area contributed by atoms with Crippen LogP contribution in [0, 0.1) is 6.92 Å². The molecule has 2 aromatic rings. The van der Waals surface area contributed by atoms with Crippen LogP contribution in [0.25, 0.3) is 0 Å². The molecular formula is C21H24ClN3O5S. The van der Waals surface area contributed by atoms with Crippen LogP contribution >= 0.6 is 11.6 Å². The van der Waals surface area contributed by atoms with Crippen LogP contribution in [0.3, 0.4) is 0 Å². The number of sulfonamides is 1. The summed E-state index contributed by atoms with van der Waals surface area (Å²) in [4.78, 5) is 26.4. The maximum absolute atomic E-state index is 12.9. The number of nitrogens with zero attached hydrogens (tertiary/aromatic N) is 2. The van der Waals surface area contributed by atoms with E-state index in [0.29, 0.717) is 30.0 Å². The number of anilines is 1.